The number of esters is 1. The van der Waals surface area contributed by atoms with Crippen molar-refractivity contribution in [1.82, 2.24) is 0 Å². The third-order valence-corrected chi connectivity index (χ3v) is 3.82. The molecule has 1 fully saturated rings. The van der Waals surface area contributed by atoms with E-state index >= 15 is 0 Å². The van der Waals surface area contributed by atoms with Crippen LogP contribution in [-0.2, 0) is 9.53 Å². The van der Waals surface area contributed by atoms with Gasteiger partial charge in [-0.2, -0.15) is 0 Å². The molecule has 3 nitrogen and oxygen atoms in total. The van der Waals surface area contributed by atoms with Gasteiger partial charge in [-0.25, -0.2) is 9.18 Å². The van der Waals surface area contributed by atoms with Gasteiger partial charge in [-0.1, -0.05) is 20.8 Å². The maximum Gasteiger partial charge on any atom is 0.344 e. The normalized spacial score (nSPS) is 24.4. The summed E-state index contributed by atoms with van der Waals surface area (Å²) in [5, 5.41) is 0. The number of ether oxygens (including phenoxy) is 2. The molecule has 1 saturated carbocycles. The highest BCUT2D eigenvalue weighted by Gasteiger charge is 2.33. The highest BCUT2D eigenvalue weighted by Crippen LogP contribution is 2.39. The monoisotopic (exact) mass is 294 g/mol. The lowest BCUT2D eigenvalue weighted by atomic mass is 9.71. The molecule has 116 valence electrons. The molecule has 0 spiro atoms. The van der Waals surface area contributed by atoms with Crippen molar-refractivity contribution in [2.75, 3.05) is 6.61 Å². The molecule has 2 atom stereocenters. The van der Waals surface area contributed by atoms with Crippen LogP contribution >= 0.6 is 0 Å². The maximum atomic E-state index is 12.8. The maximum absolute atomic E-state index is 12.8. The molecule has 0 saturated heterocycles. The Morgan fingerprint density at radius 3 is 2.57 bits per heavy atom. The van der Waals surface area contributed by atoms with Crippen LogP contribution in [0.1, 0.15) is 40.0 Å². The zero-order valence-electron chi connectivity index (χ0n) is 12.9. The summed E-state index contributed by atoms with van der Waals surface area (Å²) in [7, 11) is 0. The van der Waals surface area contributed by atoms with Gasteiger partial charge in [0.2, 0.25) is 0 Å². The molecule has 4 heteroatoms. The van der Waals surface area contributed by atoms with Gasteiger partial charge in [0.1, 0.15) is 17.7 Å². The van der Waals surface area contributed by atoms with Crippen LogP contribution in [0.2, 0.25) is 0 Å². The van der Waals surface area contributed by atoms with Crippen molar-refractivity contribution in [2.45, 2.75) is 46.1 Å². The molecule has 0 radical (unpaired) electrons. The molecule has 1 aliphatic carbocycles. The summed E-state index contributed by atoms with van der Waals surface area (Å²) in [6.07, 6.45) is 2.92. The lowest BCUT2D eigenvalue weighted by Crippen LogP contribution is -2.35. The van der Waals surface area contributed by atoms with Crippen molar-refractivity contribution < 1.29 is 18.7 Å². The van der Waals surface area contributed by atoms with Gasteiger partial charge >= 0.3 is 5.97 Å². The van der Waals surface area contributed by atoms with Gasteiger partial charge in [0.25, 0.3) is 0 Å². The average molecular weight is 294 g/mol. The fraction of sp³-hybridized carbons (Fsp3) is 0.588. The van der Waals surface area contributed by atoms with Crippen molar-refractivity contribution in [3.05, 3.63) is 30.1 Å². The molecule has 0 N–H and O–H groups in total. The zero-order chi connectivity index (χ0) is 15.5. The summed E-state index contributed by atoms with van der Waals surface area (Å²) < 4.78 is 23.6. The molecule has 21 heavy (non-hydrogen) atoms. The second-order valence-electron chi connectivity index (χ2n) is 6.77. The molecule has 0 bridgehead atoms. The molecule has 0 amide bonds. The van der Waals surface area contributed by atoms with Gasteiger partial charge in [0, 0.05) is 0 Å². The Bertz CT molecular complexity index is 481. The Labute approximate surface area is 125 Å². The van der Waals surface area contributed by atoms with Gasteiger partial charge in [0.05, 0.1) is 0 Å². The first-order valence-electron chi connectivity index (χ1n) is 7.42. The van der Waals surface area contributed by atoms with Gasteiger partial charge in [-0.3, -0.25) is 0 Å². The van der Waals surface area contributed by atoms with E-state index in [0.29, 0.717) is 11.7 Å². The Kier molecular flexibility index (Phi) is 4.86. The van der Waals surface area contributed by atoms with E-state index in [2.05, 4.69) is 20.8 Å². The van der Waals surface area contributed by atoms with Crippen LogP contribution < -0.4 is 4.74 Å². The summed E-state index contributed by atoms with van der Waals surface area (Å²) in [5.41, 5.74) is 0.209. The molecule has 0 heterocycles. The first-order chi connectivity index (χ1) is 9.84. The van der Waals surface area contributed by atoms with Crippen LogP contribution in [0, 0.1) is 17.2 Å². The van der Waals surface area contributed by atoms with E-state index in [1.165, 1.54) is 24.3 Å². The highest BCUT2D eigenvalue weighted by molar-refractivity contribution is 5.71. The summed E-state index contributed by atoms with van der Waals surface area (Å²) in [6, 6.07) is 5.58. The molecular formula is C17H23FO3. The lowest BCUT2D eigenvalue weighted by Gasteiger charge is -2.38. The predicted molar refractivity (Wildman–Crippen MR) is 78.6 cm³/mol. The van der Waals surface area contributed by atoms with Gasteiger partial charge < -0.3 is 9.47 Å². The van der Waals surface area contributed by atoms with E-state index < -0.39 is 0 Å². The van der Waals surface area contributed by atoms with Crippen LogP contribution in [0.3, 0.4) is 0 Å². The Balaban J connectivity index is 1.80. The summed E-state index contributed by atoms with van der Waals surface area (Å²) >= 11 is 0. The van der Waals surface area contributed by atoms with Gasteiger partial charge in [0.15, 0.2) is 6.61 Å². The van der Waals surface area contributed by atoms with Crippen molar-refractivity contribution in [3.8, 4) is 5.75 Å². The first-order valence-corrected chi connectivity index (χ1v) is 7.42. The fourth-order valence-electron chi connectivity index (χ4n) is 3.24. The van der Waals surface area contributed by atoms with E-state index in [-0.39, 0.29) is 29.9 Å². The second-order valence-corrected chi connectivity index (χ2v) is 6.77. The number of hydrogen-bond acceptors (Lipinski definition) is 3. The van der Waals surface area contributed by atoms with E-state index in [1.54, 1.807) is 0 Å². The predicted octanol–water partition coefficient (Wildman–Crippen LogP) is 3.96. The molecule has 0 aromatic heterocycles. The molecule has 2 rings (SSSR count). The van der Waals surface area contributed by atoms with Crippen LogP contribution in [0.5, 0.6) is 5.75 Å². The molecule has 1 aromatic carbocycles. The Hall–Kier alpha value is -1.58. The number of benzene rings is 1. The molecule has 0 aliphatic heterocycles. The zero-order valence-corrected chi connectivity index (χ0v) is 12.9. The van der Waals surface area contributed by atoms with E-state index in [4.69, 9.17) is 9.47 Å². The van der Waals surface area contributed by atoms with Crippen LogP contribution in [-0.4, -0.2) is 18.7 Å². The van der Waals surface area contributed by atoms with E-state index in [0.717, 1.165) is 19.3 Å². The third-order valence-electron chi connectivity index (χ3n) is 3.82. The van der Waals surface area contributed by atoms with E-state index in [1.807, 2.05) is 0 Å². The Morgan fingerprint density at radius 2 is 1.95 bits per heavy atom. The molecular weight excluding hydrogens is 271 g/mol. The number of carbonyl (C=O) groups excluding carboxylic acids is 1. The number of rotatable bonds is 4. The van der Waals surface area contributed by atoms with Crippen molar-refractivity contribution in [1.29, 1.82) is 0 Å². The minimum Gasteiger partial charge on any atom is -0.482 e. The number of halogens is 1. The van der Waals surface area contributed by atoms with E-state index in [9.17, 15) is 9.18 Å². The van der Waals surface area contributed by atoms with Gasteiger partial charge in [-0.15, -0.1) is 0 Å². The smallest absolute Gasteiger partial charge is 0.344 e. The first kappa shape index (κ1) is 15.8. The second kappa shape index (κ2) is 6.46. The highest BCUT2D eigenvalue weighted by atomic mass is 19.1. The third kappa shape index (κ3) is 5.03. The minimum absolute atomic E-state index is 0.0342. The summed E-state index contributed by atoms with van der Waals surface area (Å²) in [4.78, 5) is 11.8. The quantitative estimate of drug-likeness (QED) is 0.788. The standard InChI is InChI=1S/C17H23FO3/c1-12-8-15(10-17(2,3)9-12)21-16(19)11-20-14-6-4-13(18)5-7-14/h4-7,12,15H,8-11H2,1-3H3. The lowest BCUT2D eigenvalue weighted by molar-refractivity contribution is -0.155. The number of hydrogen-bond donors (Lipinski definition) is 0. The van der Waals surface area contributed by atoms with Crippen LogP contribution in [0.15, 0.2) is 24.3 Å². The summed E-state index contributed by atoms with van der Waals surface area (Å²) in [5.74, 6) is 0.327. The SMILES string of the molecule is CC1CC(OC(=O)COc2ccc(F)cc2)CC(C)(C)C1. The molecule has 1 aromatic rings. The topological polar surface area (TPSA) is 35.5 Å². The fourth-order valence-corrected chi connectivity index (χ4v) is 3.24. The summed E-state index contributed by atoms with van der Waals surface area (Å²) in [6.45, 7) is 6.46. The van der Waals surface area contributed by atoms with Crippen molar-refractivity contribution >= 4 is 5.97 Å². The van der Waals surface area contributed by atoms with Crippen LogP contribution in [0.4, 0.5) is 4.39 Å². The number of carbonyl (C=O) groups is 1. The Morgan fingerprint density at radius 1 is 1.29 bits per heavy atom. The minimum atomic E-state index is -0.366. The molecule has 1 aliphatic rings. The largest absolute Gasteiger partial charge is 0.482 e. The average Bonchev–Trinajstić information content (AvgIpc) is 2.35. The van der Waals surface area contributed by atoms with Gasteiger partial charge in [-0.05, 0) is 54.9 Å². The van der Waals surface area contributed by atoms with Crippen LogP contribution in [0.25, 0.3) is 0 Å². The van der Waals surface area contributed by atoms with Crippen molar-refractivity contribution in [2.24, 2.45) is 11.3 Å². The molecule has 2 unspecified atom stereocenters. The van der Waals surface area contributed by atoms with Crippen molar-refractivity contribution in [3.63, 3.8) is 0 Å².